The highest BCUT2D eigenvalue weighted by molar-refractivity contribution is 5.01. The second kappa shape index (κ2) is 3.45. The van der Waals surface area contributed by atoms with Crippen molar-refractivity contribution in [2.45, 2.75) is 37.8 Å². The van der Waals surface area contributed by atoms with Crippen LogP contribution in [0.2, 0.25) is 0 Å². The van der Waals surface area contributed by atoms with E-state index in [1.54, 1.807) is 14.0 Å². The van der Waals surface area contributed by atoms with Gasteiger partial charge in [0, 0.05) is 19.4 Å². The normalized spacial score (nSPS) is 53.1. The van der Waals surface area contributed by atoms with Gasteiger partial charge in [-0.25, -0.2) is 0 Å². The summed E-state index contributed by atoms with van der Waals surface area (Å²) >= 11 is 0. The summed E-state index contributed by atoms with van der Waals surface area (Å²) in [7, 11) is 1.58. The van der Waals surface area contributed by atoms with E-state index in [0.29, 0.717) is 13.0 Å². The first-order valence-corrected chi connectivity index (χ1v) is 5.11. The minimum absolute atomic E-state index is 0.101. The summed E-state index contributed by atoms with van der Waals surface area (Å²) in [5.74, 6) is 0.0138. The number of aliphatic hydroxyl groups excluding tert-OH is 1. The molecule has 0 radical (unpaired) electrons. The molecular weight excluding hydrogens is 184 g/mol. The first kappa shape index (κ1) is 10.4. The molecule has 1 aliphatic carbocycles. The molecular formula is C10H18O4. The van der Waals surface area contributed by atoms with E-state index in [0.717, 1.165) is 6.42 Å². The van der Waals surface area contributed by atoms with Crippen LogP contribution in [-0.4, -0.2) is 41.9 Å². The van der Waals surface area contributed by atoms with Crippen molar-refractivity contribution in [3.63, 3.8) is 0 Å². The first-order valence-electron chi connectivity index (χ1n) is 5.11. The molecule has 2 N–H and O–H groups in total. The van der Waals surface area contributed by atoms with E-state index in [-0.39, 0.29) is 18.1 Å². The van der Waals surface area contributed by atoms with Crippen LogP contribution in [-0.2, 0) is 9.47 Å². The molecule has 5 unspecified atom stereocenters. The molecule has 0 spiro atoms. The lowest BCUT2D eigenvalue weighted by molar-refractivity contribution is -0.223. The molecule has 0 bridgehead atoms. The summed E-state index contributed by atoms with van der Waals surface area (Å²) in [5.41, 5.74) is -0.870. The number of methoxy groups -OCH3 is 1. The van der Waals surface area contributed by atoms with Gasteiger partial charge in [-0.3, -0.25) is 0 Å². The Kier molecular flexibility index (Phi) is 2.55. The van der Waals surface area contributed by atoms with Crippen molar-refractivity contribution >= 4 is 0 Å². The Bertz CT molecular complexity index is 216. The van der Waals surface area contributed by atoms with Gasteiger partial charge < -0.3 is 19.7 Å². The molecule has 82 valence electrons. The average molecular weight is 202 g/mol. The van der Waals surface area contributed by atoms with Crippen LogP contribution in [0.1, 0.15) is 19.8 Å². The molecule has 0 aromatic heterocycles. The zero-order valence-electron chi connectivity index (χ0n) is 8.64. The predicted octanol–water partition coefficient (Wildman–Crippen LogP) is 0.127. The van der Waals surface area contributed by atoms with Crippen LogP contribution >= 0.6 is 0 Å². The van der Waals surface area contributed by atoms with E-state index >= 15 is 0 Å². The Morgan fingerprint density at radius 3 is 2.86 bits per heavy atom. The fourth-order valence-electron chi connectivity index (χ4n) is 2.92. The van der Waals surface area contributed by atoms with Crippen molar-refractivity contribution < 1.29 is 19.7 Å². The van der Waals surface area contributed by atoms with Gasteiger partial charge in [0.15, 0.2) is 6.29 Å². The van der Waals surface area contributed by atoms with E-state index in [9.17, 15) is 10.2 Å². The molecule has 0 amide bonds. The van der Waals surface area contributed by atoms with Gasteiger partial charge in [-0.1, -0.05) is 0 Å². The lowest BCUT2D eigenvalue weighted by Crippen LogP contribution is -2.46. The fourth-order valence-corrected chi connectivity index (χ4v) is 2.92. The Labute approximate surface area is 83.8 Å². The van der Waals surface area contributed by atoms with Crippen molar-refractivity contribution in [2.75, 3.05) is 13.7 Å². The second-order valence-electron chi connectivity index (χ2n) is 4.58. The highest BCUT2D eigenvalue weighted by Crippen LogP contribution is 2.46. The molecule has 2 fully saturated rings. The maximum absolute atomic E-state index is 10.1. The topological polar surface area (TPSA) is 58.9 Å². The lowest BCUT2D eigenvalue weighted by Gasteiger charge is -2.38. The van der Waals surface area contributed by atoms with Gasteiger partial charge in [-0.2, -0.15) is 0 Å². The average Bonchev–Trinajstić information content (AvgIpc) is 2.38. The second-order valence-corrected chi connectivity index (χ2v) is 4.58. The highest BCUT2D eigenvalue weighted by atomic mass is 16.7. The van der Waals surface area contributed by atoms with Crippen LogP contribution in [0.4, 0.5) is 0 Å². The van der Waals surface area contributed by atoms with Gasteiger partial charge >= 0.3 is 0 Å². The summed E-state index contributed by atoms with van der Waals surface area (Å²) in [5, 5.41) is 19.9. The molecule has 1 heterocycles. The summed E-state index contributed by atoms with van der Waals surface area (Å²) < 4.78 is 10.6. The molecule has 2 aliphatic rings. The number of hydrogen-bond donors (Lipinski definition) is 2. The third-order valence-electron chi connectivity index (χ3n) is 3.55. The molecule has 1 aliphatic heterocycles. The number of rotatable bonds is 1. The largest absolute Gasteiger partial charge is 0.393 e. The van der Waals surface area contributed by atoms with Gasteiger partial charge in [0.25, 0.3) is 0 Å². The summed E-state index contributed by atoms with van der Waals surface area (Å²) in [6.07, 6.45) is 0.436. The van der Waals surface area contributed by atoms with E-state index in [4.69, 9.17) is 9.47 Å². The number of ether oxygens (including phenoxy) is 2. The van der Waals surface area contributed by atoms with Crippen molar-refractivity contribution in [1.82, 2.24) is 0 Å². The minimum Gasteiger partial charge on any atom is -0.393 e. The van der Waals surface area contributed by atoms with Crippen LogP contribution in [0.15, 0.2) is 0 Å². The molecule has 14 heavy (non-hydrogen) atoms. The van der Waals surface area contributed by atoms with Gasteiger partial charge in [0.2, 0.25) is 0 Å². The molecule has 5 atom stereocenters. The van der Waals surface area contributed by atoms with Crippen LogP contribution < -0.4 is 0 Å². The Balaban J connectivity index is 2.22. The maximum atomic E-state index is 10.1. The number of hydrogen-bond acceptors (Lipinski definition) is 4. The van der Waals surface area contributed by atoms with E-state index in [2.05, 4.69) is 0 Å². The fraction of sp³-hybridized carbons (Fsp3) is 1.00. The smallest absolute Gasteiger partial charge is 0.163 e. The van der Waals surface area contributed by atoms with E-state index < -0.39 is 11.7 Å². The van der Waals surface area contributed by atoms with Gasteiger partial charge in [0.1, 0.15) is 0 Å². The van der Waals surface area contributed by atoms with Crippen LogP contribution in [0.25, 0.3) is 0 Å². The van der Waals surface area contributed by atoms with Crippen LogP contribution in [0.3, 0.4) is 0 Å². The van der Waals surface area contributed by atoms with Crippen LogP contribution in [0.5, 0.6) is 0 Å². The third kappa shape index (κ3) is 1.46. The van der Waals surface area contributed by atoms with Crippen LogP contribution in [0, 0.1) is 11.8 Å². The highest BCUT2D eigenvalue weighted by Gasteiger charge is 2.54. The molecule has 1 saturated heterocycles. The molecule has 4 nitrogen and oxygen atoms in total. The van der Waals surface area contributed by atoms with Crippen molar-refractivity contribution in [3.8, 4) is 0 Å². The number of fused-ring (bicyclic) bond motifs is 1. The summed E-state index contributed by atoms with van der Waals surface area (Å²) in [6.45, 7) is 2.36. The monoisotopic (exact) mass is 202 g/mol. The zero-order valence-corrected chi connectivity index (χ0v) is 8.64. The number of aliphatic hydroxyl groups is 2. The van der Waals surface area contributed by atoms with Gasteiger partial charge in [-0.15, -0.1) is 0 Å². The first-order chi connectivity index (χ1) is 6.56. The molecule has 0 aromatic carbocycles. The lowest BCUT2D eigenvalue weighted by atomic mass is 9.83. The maximum Gasteiger partial charge on any atom is 0.163 e. The molecule has 0 aromatic rings. The van der Waals surface area contributed by atoms with Crippen molar-refractivity contribution in [3.05, 3.63) is 0 Å². The molecule has 4 heteroatoms. The summed E-state index contributed by atoms with van der Waals surface area (Å²) in [4.78, 5) is 0. The third-order valence-corrected chi connectivity index (χ3v) is 3.55. The minimum atomic E-state index is -0.870. The Hall–Kier alpha value is -0.160. The zero-order chi connectivity index (χ0) is 10.3. The quantitative estimate of drug-likeness (QED) is 0.634. The standard InChI is InChI=1S/C10H18O4/c1-10(12)5-7(11)6-3-4-14-9(13-2)8(6)10/h6-9,11-12H,3-5H2,1-2H3. The molecule has 2 rings (SSSR count). The SMILES string of the molecule is COC1OCCC2C(O)CC(C)(O)C12. The van der Waals surface area contributed by atoms with Gasteiger partial charge in [-0.05, 0) is 19.3 Å². The van der Waals surface area contributed by atoms with Gasteiger partial charge in [0.05, 0.1) is 18.3 Å². The predicted molar refractivity (Wildman–Crippen MR) is 49.6 cm³/mol. The Morgan fingerprint density at radius 1 is 1.50 bits per heavy atom. The van der Waals surface area contributed by atoms with Crippen molar-refractivity contribution in [2.24, 2.45) is 11.8 Å². The summed E-state index contributed by atoms with van der Waals surface area (Å²) in [6, 6.07) is 0. The van der Waals surface area contributed by atoms with E-state index in [1.165, 1.54) is 0 Å². The van der Waals surface area contributed by atoms with E-state index in [1.807, 2.05) is 0 Å². The Morgan fingerprint density at radius 2 is 2.21 bits per heavy atom. The molecule has 1 saturated carbocycles. The van der Waals surface area contributed by atoms with Crippen molar-refractivity contribution in [1.29, 1.82) is 0 Å².